The Balaban J connectivity index is 1.50. The minimum absolute atomic E-state index is 0.146. The molecule has 1 aliphatic rings. The zero-order chi connectivity index (χ0) is 16.8. The lowest BCUT2D eigenvalue weighted by Gasteiger charge is -2.32. The van der Waals surface area contributed by atoms with Crippen molar-refractivity contribution < 1.29 is 9.53 Å². The van der Waals surface area contributed by atoms with Gasteiger partial charge in [-0.1, -0.05) is 6.07 Å². The average molecular weight is 391 g/mol. The number of hydrogen-bond donors (Lipinski definition) is 0. The molecule has 6 nitrogen and oxygen atoms in total. The van der Waals surface area contributed by atoms with Gasteiger partial charge in [-0.3, -0.25) is 9.78 Å². The van der Waals surface area contributed by atoms with Crippen molar-refractivity contribution in [2.75, 3.05) is 19.7 Å². The molecule has 3 heterocycles. The highest BCUT2D eigenvalue weighted by atomic mass is 79.9. The van der Waals surface area contributed by atoms with E-state index in [0.717, 1.165) is 36.0 Å². The summed E-state index contributed by atoms with van der Waals surface area (Å²) in [6.07, 6.45) is 9.22. The van der Waals surface area contributed by atoms with Gasteiger partial charge >= 0.3 is 6.01 Å². The molecule has 3 rings (SSSR count). The van der Waals surface area contributed by atoms with Crippen LogP contribution in [0.2, 0.25) is 0 Å². The van der Waals surface area contributed by atoms with Gasteiger partial charge in [-0.15, -0.1) is 0 Å². The number of carbonyl (C=O) groups excluding carboxylic acids is 1. The van der Waals surface area contributed by atoms with Crippen molar-refractivity contribution in [1.82, 2.24) is 19.9 Å². The Morgan fingerprint density at radius 3 is 2.92 bits per heavy atom. The Morgan fingerprint density at radius 1 is 1.33 bits per heavy atom. The fourth-order valence-corrected chi connectivity index (χ4v) is 2.99. The molecule has 0 N–H and O–H groups in total. The molecular formula is C17H19BrN4O2. The van der Waals surface area contributed by atoms with Gasteiger partial charge in [0.15, 0.2) is 0 Å². The zero-order valence-electron chi connectivity index (χ0n) is 13.3. The number of halogens is 1. The molecule has 7 heteroatoms. The van der Waals surface area contributed by atoms with E-state index in [0.29, 0.717) is 25.0 Å². The van der Waals surface area contributed by atoms with Gasteiger partial charge in [-0.25, -0.2) is 9.97 Å². The number of rotatable bonds is 5. The van der Waals surface area contributed by atoms with Crippen LogP contribution in [0.5, 0.6) is 6.01 Å². The van der Waals surface area contributed by atoms with E-state index in [1.807, 2.05) is 17.0 Å². The molecule has 0 aromatic carbocycles. The molecule has 2 aromatic rings. The molecule has 2 aromatic heterocycles. The highest BCUT2D eigenvalue weighted by molar-refractivity contribution is 9.10. The zero-order valence-corrected chi connectivity index (χ0v) is 14.9. The molecule has 1 amide bonds. The Labute approximate surface area is 149 Å². The number of hydrogen-bond acceptors (Lipinski definition) is 5. The first-order valence-electron chi connectivity index (χ1n) is 7.98. The van der Waals surface area contributed by atoms with Crippen LogP contribution in [0.4, 0.5) is 0 Å². The largest absolute Gasteiger partial charge is 0.463 e. The van der Waals surface area contributed by atoms with Crippen LogP contribution in [-0.2, 0) is 11.2 Å². The van der Waals surface area contributed by atoms with Crippen molar-refractivity contribution in [3.8, 4) is 6.01 Å². The maximum Gasteiger partial charge on any atom is 0.316 e. The third-order valence-corrected chi connectivity index (χ3v) is 4.40. The number of amides is 1. The van der Waals surface area contributed by atoms with Crippen LogP contribution in [0, 0.1) is 5.92 Å². The second-order valence-corrected chi connectivity index (χ2v) is 6.80. The van der Waals surface area contributed by atoms with E-state index < -0.39 is 0 Å². The third kappa shape index (κ3) is 4.74. The number of nitrogens with zero attached hydrogens (tertiary/aromatic N) is 4. The summed E-state index contributed by atoms with van der Waals surface area (Å²) < 4.78 is 6.47. The number of aromatic nitrogens is 3. The van der Waals surface area contributed by atoms with Crippen LogP contribution >= 0.6 is 15.9 Å². The van der Waals surface area contributed by atoms with Gasteiger partial charge in [-0.2, -0.15) is 0 Å². The minimum Gasteiger partial charge on any atom is -0.463 e. The lowest BCUT2D eigenvalue weighted by Crippen LogP contribution is -2.42. The molecule has 1 aliphatic heterocycles. The first kappa shape index (κ1) is 16.8. The van der Waals surface area contributed by atoms with E-state index >= 15 is 0 Å². The van der Waals surface area contributed by atoms with Crippen molar-refractivity contribution in [3.63, 3.8) is 0 Å². The standard InChI is InChI=1S/C17H19BrN4O2/c18-15-9-20-17(21-10-15)24-12-14-4-2-6-22(11-14)16(23)7-13-3-1-5-19-8-13/h1,3,5,8-10,14H,2,4,6-7,11-12H2. The van der Waals surface area contributed by atoms with Gasteiger partial charge in [0.25, 0.3) is 0 Å². The van der Waals surface area contributed by atoms with Crippen LogP contribution in [0.1, 0.15) is 18.4 Å². The van der Waals surface area contributed by atoms with E-state index in [2.05, 4.69) is 30.9 Å². The van der Waals surface area contributed by atoms with Crippen LogP contribution in [0.15, 0.2) is 41.4 Å². The fourth-order valence-electron chi connectivity index (χ4n) is 2.78. The maximum atomic E-state index is 12.5. The number of likely N-dealkylation sites (tertiary alicyclic amines) is 1. The molecule has 1 fully saturated rings. The Bertz CT molecular complexity index is 666. The normalized spacial score (nSPS) is 17.5. The average Bonchev–Trinajstić information content (AvgIpc) is 2.62. The van der Waals surface area contributed by atoms with Crippen molar-refractivity contribution in [1.29, 1.82) is 0 Å². The van der Waals surface area contributed by atoms with Gasteiger partial charge in [0.1, 0.15) is 0 Å². The van der Waals surface area contributed by atoms with E-state index in [9.17, 15) is 4.79 Å². The SMILES string of the molecule is O=C(Cc1cccnc1)N1CCCC(COc2ncc(Br)cn2)C1. The Morgan fingerprint density at radius 2 is 2.17 bits per heavy atom. The van der Waals surface area contributed by atoms with Crippen LogP contribution in [0.3, 0.4) is 0 Å². The second kappa shape index (κ2) is 8.19. The summed E-state index contributed by atoms with van der Waals surface area (Å²) in [6.45, 7) is 2.05. The lowest BCUT2D eigenvalue weighted by molar-refractivity contribution is -0.132. The van der Waals surface area contributed by atoms with Crippen LogP contribution in [-0.4, -0.2) is 45.5 Å². The molecule has 1 atom stereocenters. The third-order valence-electron chi connectivity index (χ3n) is 3.99. The molecular weight excluding hydrogens is 372 g/mol. The molecule has 1 saturated heterocycles. The molecule has 24 heavy (non-hydrogen) atoms. The van der Waals surface area contributed by atoms with Crippen molar-refractivity contribution in [2.45, 2.75) is 19.3 Å². The number of ether oxygens (including phenoxy) is 1. The fraction of sp³-hybridized carbons (Fsp3) is 0.412. The summed E-state index contributed by atoms with van der Waals surface area (Å²) in [6, 6.07) is 4.16. The number of carbonyl (C=O) groups is 1. The molecule has 0 saturated carbocycles. The van der Waals surface area contributed by atoms with Gasteiger partial charge in [0.2, 0.25) is 5.91 Å². The molecule has 126 valence electrons. The van der Waals surface area contributed by atoms with E-state index in [1.165, 1.54) is 0 Å². The Kier molecular flexibility index (Phi) is 5.74. The van der Waals surface area contributed by atoms with Crippen LogP contribution in [0.25, 0.3) is 0 Å². The van der Waals surface area contributed by atoms with Crippen LogP contribution < -0.4 is 4.74 Å². The molecule has 0 aliphatic carbocycles. The summed E-state index contributed by atoms with van der Waals surface area (Å²) in [5.41, 5.74) is 0.948. The number of piperidine rings is 1. The van der Waals surface area contributed by atoms with Gasteiger partial charge < -0.3 is 9.64 Å². The van der Waals surface area contributed by atoms with Gasteiger partial charge in [-0.05, 0) is 40.4 Å². The lowest BCUT2D eigenvalue weighted by atomic mass is 9.98. The first-order chi connectivity index (χ1) is 11.7. The summed E-state index contributed by atoms with van der Waals surface area (Å²) in [4.78, 5) is 26.6. The first-order valence-corrected chi connectivity index (χ1v) is 8.77. The molecule has 0 bridgehead atoms. The number of pyridine rings is 1. The maximum absolute atomic E-state index is 12.5. The monoisotopic (exact) mass is 390 g/mol. The quantitative estimate of drug-likeness (QED) is 0.784. The molecule has 0 spiro atoms. The topological polar surface area (TPSA) is 68.2 Å². The van der Waals surface area contributed by atoms with Crippen molar-refractivity contribution >= 4 is 21.8 Å². The van der Waals surface area contributed by atoms with Gasteiger partial charge in [0.05, 0.1) is 17.5 Å². The smallest absolute Gasteiger partial charge is 0.316 e. The molecule has 0 radical (unpaired) electrons. The van der Waals surface area contributed by atoms with E-state index in [1.54, 1.807) is 24.8 Å². The van der Waals surface area contributed by atoms with Crippen molar-refractivity contribution in [2.24, 2.45) is 5.92 Å². The second-order valence-electron chi connectivity index (χ2n) is 5.88. The summed E-state index contributed by atoms with van der Waals surface area (Å²) in [5, 5.41) is 0. The summed E-state index contributed by atoms with van der Waals surface area (Å²) >= 11 is 3.29. The Hall–Kier alpha value is -2.02. The predicted molar refractivity (Wildman–Crippen MR) is 92.5 cm³/mol. The summed E-state index contributed by atoms with van der Waals surface area (Å²) in [7, 11) is 0. The minimum atomic E-state index is 0.146. The van der Waals surface area contributed by atoms with Gasteiger partial charge in [0, 0.05) is 43.8 Å². The van der Waals surface area contributed by atoms with E-state index in [-0.39, 0.29) is 5.91 Å². The van der Waals surface area contributed by atoms with Crippen molar-refractivity contribution in [3.05, 3.63) is 47.0 Å². The highest BCUT2D eigenvalue weighted by Gasteiger charge is 2.24. The predicted octanol–water partition coefficient (Wildman–Crippen LogP) is 2.49. The molecule has 1 unspecified atom stereocenters. The highest BCUT2D eigenvalue weighted by Crippen LogP contribution is 2.19. The van der Waals surface area contributed by atoms with E-state index in [4.69, 9.17) is 4.74 Å². The summed E-state index contributed by atoms with van der Waals surface area (Å²) in [5.74, 6) is 0.455.